The molecule has 21 nitrogen and oxygen atoms in total. The first-order chi connectivity index (χ1) is 26.1. The van der Waals surface area contributed by atoms with Crippen molar-refractivity contribution in [2.24, 2.45) is 17.3 Å². The molecule has 1 aromatic rings. The van der Waals surface area contributed by atoms with Gasteiger partial charge in [0.2, 0.25) is 35.4 Å². The quantitative estimate of drug-likeness (QED) is 0.0475. The number of nitrogens with zero attached hydrogens (tertiary/aromatic N) is 2. The van der Waals surface area contributed by atoms with Gasteiger partial charge in [0.1, 0.15) is 36.3 Å². The zero-order chi connectivity index (χ0) is 41.2. The molecular formula is C34H56N10O11. The van der Waals surface area contributed by atoms with E-state index in [1.807, 2.05) is 0 Å². The van der Waals surface area contributed by atoms with E-state index >= 15 is 0 Å². The van der Waals surface area contributed by atoms with Gasteiger partial charge in [-0.15, -0.1) is 0 Å². The molecule has 1 aliphatic rings. The van der Waals surface area contributed by atoms with Crippen LogP contribution < -0.4 is 43.9 Å². The van der Waals surface area contributed by atoms with E-state index in [1.54, 1.807) is 30.3 Å². The highest BCUT2D eigenvalue weighted by Gasteiger charge is 2.38. The number of nitrogens with two attached hydrogens (primary N) is 3. The highest BCUT2D eigenvalue weighted by atomic mass is 16.3. The average Bonchev–Trinajstić information content (AvgIpc) is 3.15. The summed E-state index contributed by atoms with van der Waals surface area (Å²) in [5.41, 5.74) is 11.8. The van der Waals surface area contributed by atoms with Gasteiger partial charge in [0, 0.05) is 39.0 Å². The number of primary amides is 1. The zero-order valence-corrected chi connectivity index (χ0v) is 31.1. The smallest absolute Gasteiger partial charge is 0.256 e. The second-order valence-corrected chi connectivity index (χ2v) is 13.3. The minimum Gasteiger partial charge on any atom is -0.394 e. The van der Waals surface area contributed by atoms with Crippen LogP contribution in [0.2, 0.25) is 0 Å². The topological polar surface area (TPSA) is 345 Å². The summed E-state index contributed by atoms with van der Waals surface area (Å²) < 4.78 is 0. The Morgan fingerprint density at radius 2 is 1.67 bits per heavy atom. The Bertz CT molecular complexity index is 1450. The number of aliphatic hydroxyl groups is 4. The average molecular weight is 781 g/mol. The molecule has 21 heteroatoms. The fourth-order valence-electron chi connectivity index (χ4n) is 5.83. The molecule has 1 fully saturated rings. The molecule has 1 aromatic carbocycles. The summed E-state index contributed by atoms with van der Waals surface area (Å²) in [6.45, 7) is -1.15. The van der Waals surface area contributed by atoms with E-state index in [2.05, 4.69) is 26.6 Å². The second kappa shape index (κ2) is 23.2. The van der Waals surface area contributed by atoms with Crippen LogP contribution in [0.1, 0.15) is 44.6 Å². The second-order valence-electron chi connectivity index (χ2n) is 13.3. The van der Waals surface area contributed by atoms with Crippen molar-refractivity contribution in [2.45, 2.75) is 93.8 Å². The van der Waals surface area contributed by atoms with Crippen molar-refractivity contribution in [2.75, 3.05) is 40.0 Å². The summed E-state index contributed by atoms with van der Waals surface area (Å²) in [4.78, 5) is 92.1. The van der Waals surface area contributed by atoms with Gasteiger partial charge in [-0.3, -0.25) is 38.6 Å². The fourth-order valence-corrected chi connectivity index (χ4v) is 5.83. The van der Waals surface area contributed by atoms with Gasteiger partial charge in [-0.05, 0) is 38.2 Å². The first-order valence-electron chi connectivity index (χ1n) is 17.9. The molecule has 308 valence electrons. The lowest BCUT2D eigenvalue weighted by atomic mass is 10.0. The molecule has 1 unspecified atom stereocenters. The van der Waals surface area contributed by atoms with Crippen molar-refractivity contribution >= 4 is 41.4 Å². The van der Waals surface area contributed by atoms with Crippen LogP contribution >= 0.6 is 0 Å². The van der Waals surface area contributed by atoms with Crippen LogP contribution in [0.5, 0.6) is 0 Å². The molecule has 0 saturated carbocycles. The third-order valence-electron chi connectivity index (χ3n) is 9.04. The summed E-state index contributed by atoms with van der Waals surface area (Å²) in [7, 11) is 1.16. The van der Waals surface area contributed by atoms with E-state index in [0.717, 1.165) is 11.9 Å². The van der Waals surface area contributed by atoms with Crippen molar-refractivity contribution in [1.29, 1.82) is 0 Å². The van der Waals surface area contributed by atoms with Gasteiger partial charge in [0.25, 0.3) is 5.91 Å². The summed E-state index contributed by atoms with van der Waals surface area (Å²) >= 11 is 0. The molecule has 15 N–H and O–H groups in total. The maximum absolute atomic E-state index is 13.6. The van der Waals surface area contributed by atoms with Crippen LogP contribution in [0.4, 0.5) is 0 Å². The first-order valence-corrected chi connectivity index (χ1v) is 17.9. The van der Waals surface area contributed by atoms with E-state index in [4.69, 9.17) is 17.3 Å². The minimum atomic E-state index is -1.65. The number of amides is 7. The lowest BCUT2D eigenvalue weighted by Gasteiger charge is -2.33. The number of aliphatic hydroxyl groups excluding tert-OH is 4. The van der Waals surface area contributed by atoms with Gasteiger partial charge < -0.3 is 63.4 Å². The number of likely N-dealkylation sites (N-methyl/N-ethyl adjacent to an activating group) is 1. The van der Waals surface area contributed by atoms with Crippen LogP contribution in [0, 0.1) is 0 Å². The van der Waals surface area contributed by atoms with E-state index in [-0.39, 0.29) is 38.8 Å². The number of carbonyl (C=O) groups excluding carboxylic acids is 7. The van der Waals surface area contributed by atoms with Crippen LogP contribution in [-0.4, -0.2) is 160 Å². The molecule has 8 atom stereocenters. The Kier molecular flexibility index (Phi) is 19.6. The number of hydrazine groups is 1. The van der Waals surface area contributed by atoms with Crippen LogP contribution in [0.15, 0.2) is 30.3 Å². The normalized spacial score (nSPS) is 23.1. The molecular weight excluding hydrogens is 724 g/mol. The largest absolute Gasteiger partial charge is 0.394 e. The van der Waals surface area contributed by atoms with Crippen molar-refractivity contribution in [3.63, 3.8) is 0 Å². The van der Waals surface area contributed by atoms with Gasteiger partial charge in [-0.2, -0.15) is 0 Å². The van der Waals surface area contributed by atoms with Crippen molar-refractivity contribution in [3.05, 3.63) is 35.9 Å². The van der Waals surface area contributed by atoms with E-state index in [1.165, 1.54) is 6.92 Å². The Labute approximate surface area is 318 Å². The maximum atomic E-state index is 13.6. The van der Waals surface area contributed by atoms with Crippen molar-refractivity contribution in [3.8, 4) is 0 Å². The van der Waals surface area contributed by atoms with E-state index < -0.39 is 110 Å². The molecule has 55 heavy (non-hydrogen) atoms. The number of hydrogen-bond acceptors (Lipinski definition) is 14. The third kappa shape index (κ3) is 14.4. The van der Waals surface area contributed by atoms with E-state index in [9.17, 15) is 54.0 Å². The first kappa shape index (κ1) is 46.4. The minimum absolute atomic E-state index is 0.0103. The van der Waals surface area contributed by atoms with Gasteiger partial charge in [-0.1, -0.05) is 30.3 Å². The van der Waals surface area contributed by atoms with Gasteiger partial charge in [0.15, 0.2) is 0 Å². The Balaban J connectivity index is 2.29. The molecule has 2 rings (SSSR count). The highest BCUT2D eigenvalue weighted by molar-refractivity contribution is 5.95. The van der Waals surface area contributed by atoms with Gasteiger partial charge in [-0.25, -0.2) is 5.84 Å². The number of hydrogen-bond donors (Lipinski definition) is 12. The lowest BCUT2D eigenvalue weighted by Crippen LogP contribution is -2.62. The van der Waals surface area contributed by atoms with Crippen LogP contribution in [0.3, 0.4) is 0 Å². The molecule has 0 aromatic heterocycles. The Hall–Kier alpha value is -4.77. The molecule has 0 bridgehead atoms. The Morgan fingerprint density at radius 1 is 1.00 bits per heavy atom. The number of rotatable bonds is 14. The van der Waals surface area contributed by atoms with Crippen LogP contribution in [0.25, 0.3) is 0 Å². The summed E-state index contributed by atoms with van der Waals surface area (Å²) in [5, 5.41) is 53.6. The number of benzene rings is 1. The number of carbonyl (C=O) groups is 7. The third-order valence-corrected chi connectivity index (χ3v) is 9.04. The van der Waals surface area contributed by atoms with Gasteiger partial charge in [0.05, 0.1) is 25.9 Å². The molecule has 1 heterocycles. The number of nitrogens with one attached hydrogen (secondary N) is 5. The van der Waals surface area contributed by atoms with Crippen molar-refractivity contribution < 1.29 is 54.0 Å². The summed E-state index contributed by atoms with van der Waals surface area (Å²) in [5.74, 6) is 0.132. The van der Waals surface area contributed by atoms with Gasteiger partial charge >= 0.3 is 0 Å². The molecule has 7 amide bonds. The fraction of sp³-hybridized carbons (Fsp3) is 0.618. The highest BCUT2D eigenvalue weighted by Crippen LogP contribution is 2.12. The van der Waals surface area contributed by atoms with Crippen molar-refractivity contribution in [1.82, 2.24) is 36.5 Å². The molecule has 0 spiro atoms. The predicted octanol–water partition coefficient (Wildman–Crippen LogP) is -6.21. The monoisotopic (exact) mass is 780 g/mol. The maximum Gasteiger partial charge on any atom is 0.256 e. The Morgan fingerprint density at radius 3 is 2.25 bits per heavy atom. The predicted molar refractivity (Wildman–Crippen MR) is 195 cm³/mol. The molecule has 1 aliphatic heterocycles. The van der Waals surface area contributed by atoms with Crippen LogP contribution in [-0.2, 0) is 40.0 Å². The lowest BCUT2D eigenvalue weighted by molar-refractivity contribution is -0.146. The molecule has 0 aliphatic carbocycles. The molecule has 0 radical (unpaired) electrons. The standard InChI is InChI=1S/C34H56N10O11/c1-19(48)28-32(53)42-24(17-46)31(52)40-21(15-39-25(18-47)34(55)44(37)26(29(36)50)14-20-8-4-3-5-9-20)10-6-7-13-38-27(49)12-11-23(33(54)43(28)2)41-30(51)22(35)16-45/h3-5,8-9,19,21-26,28,39,45-48H,6-7,10-18,35,37H2,1-2H3,(H2,36,50)(H,38,49)(H,40,52)(H,41,51)(H,42,53)/t19?,21-,22-,23-,24-,25-,26-,28-/m0/s1. The van der Waals surface area contributed by atoms with E-state index in [0.29, 0.717) is 23.4 Å². The summed E-state index contributed by atoms with van der Waals surface area (Å²) in [6.07, 6.45) is -0.956. The SMILES string of the molecule is CC(O)[C@H]1C(=O)N[C@@H](CO)C(=O)N[C@H](CN[C@@H](CO)C(=O)N(N)[C@@H](Cc2ccccc2)C(N)=O)CCCCNC(=O)CC[C@H](NC(=O)[C@@H](N)CO)C(=O)N1C. The zero-order valence-electron chi connectivity index (χ0n) is 31.1. The summed E-state index contributed by atoms with van der Waals surface area (Å²) in [6, 6.07) is -0.693. The molecule has 1 saturated heterocycles.